The molecule has 0 radical (unpaired) electrons. The average molecular weight is 318 g/mol. The van der Waals surface area contributed by atoms with E-state index in [1.807, 2.05) is 0 Å². The van der Waals surface area contributed by atoms with Crippen molar-refractivity contribution in [3.05, 3.63) is 28.8 Å². The minimum absolute atomic E-state index is 0.234. The minimum atomic E-state index is -3.62. The molecule has 0 aliphatic carbocycles. The molecule has 6 heteroatoms. The Labute approximate surface area is 125 Å². The zero-order chi connectivity index (χ0) is 14.9. The van der Waals surface area contributed by atoms with Gasteiger partial charge in [0.2, 0.25) is 10.0 Å². The van der Waals surface area contributed by atoms with Gasteiger partial charge in [0.25, 0.3) is 0 Å². The minimum Gasteiger partial charge on any atom is -0.392 e. The quantitative estimate of drug-likeness (QED) is 0.932. The van der Waals surface area contributed by atoms with Gasteiger partial charge in [0.1, 0.15) is 0 Å². The largest absolute Gasteiger partial charge is 0.392 e. The maximum absolute atomic E-state index is 12.8. The fourth-order valence-electron chi connectivity index (χ4n) is 2.70. The number of sulfonamides is 1. The first kappa shape index (κ1) is 15.8. The van der Waals surface area contributed by atoms with Crippen molar-refractivity contribution in [2.75, 3.05) is 6.54 Å². The van der Waals surface area contributed by atoms with Gasteiger partial charge in [-0.1, -0.05) is 24.1 Å². The van der Waals surface area contributed by atoms with Gasteiger partial charge in [-0.05, 0) is 44.4 Å². The Kier molecular flexibility index (Phi) is 4.74. The van der Waals surface area contributed by atoms with Crippen molar-refractivity contribution in [1.29, 1.82) is 0 Å². The summed E-state index contributed by atoms with van der Waals surface area (Å²) in [5, 5.41) is 10.3. The molecule has 20 heavy (non-hydrogen) atoms. The van der Waals surface area contributed by atoms with Crippen LogP contribution in [0.5, 0.6) is 0 Å². The molecule has 0 aromatic heterocycles. The second kappa shape index (κ2) is 6.02. The molecule has 1 aromatic rings. The van der Waals surface area contributed by atoms with Crippen LogP contribution in [0.25, 0.3) is 0 Å². The molecule has 1 aliphatic rings. The lowest BCUT2D eigenvalue weighted by molar-refractivity contribution is 0.0831. The molecule has 1 heterocycles. The van der Waals surface area contributed by atoms with E-state index in [1.165, 1.54) is 4.31 Å². The van der Waals surface area contributed by atoms with Gasteiger partial charge in [-0.15, -0.1) is 0 Å². The van der Waals surface area contributed by atoms with Gasteiger partial charge in [-0.25, -0.2) is 8.42 Å². The number of hydrogen-bond acceptors (Lipinski definition) is 3. The summed E-state index contributed by atoms with van der Waals surface area (Å²) < 4.78 is 27.1. The first-order chi connectivity index (χ1) is 9.35. The molecule has 112 valence electrons. The summed E-state index contributed by atoms with van der Waals surface area (Å²) in [6.45, 7) is 3.80. The van der Waals surface area contributed by atoms with Crippen LogP contribution in [0.2, 0.25) is 5.02 Å². The Morgan fingerprint density at radius 3 is 2.75 bits per heavy atom. The smallest absolute Gasteiger partial charge is 0.243 e. The Hall–Kier alpha value is -0.620. The molecule has 1 N–H and O–H groups in total. The van der Waals surface area contributed by atoms with Gasteiger partial charge in [-0.3, -0.25) is 0 Å². The third kappa shape index (κ3) is 2.86. The molecule has 2 rings (SSSR count). The fourth-order valence-corrected chi connectivity index (χ4v) is 4.94. The predicted molar refractivity (Wildman–Crippen MR) is 79.4 cm³/mol. The van der Waals surface area contributed by atoms with Gasteiger partial charge in [-0.2, -0.15) is 4.31 Å². The normalized spacial score (nSPS) is 22.7. The second-order valence-corrected chi connectivity index (χ2v) is 7.55. The van der Waals surface area contributed by atoms with E-state index in [0.29, 0.717) is 23.6 Å². The lowest BCUT2D eigenvalue weighted by Crippen LogP contribution is -2.48. The monoisotopic (exact) mass is 317 g/mol. The highest BCUT2D eigenvalue weighted by Crippen LogP contribution is 2.30. The van der Waals surface area contributed by atoms with Crippen LogP contribution in [0.4, 0.5) is 0 Å². The summed E-state index contributed by atoms with van der Waals surface area (Å²) in [5.74, 6) is 0. The molecule has 2 atom stereocenters. The molecule has 1 saturated heterocycles. The highest BCUT2D eigenvalue weighted by Gasteiger charge is 2.36. The van der Waals surface area contributed by atoms with Crippen LogP contribution >= 0.6 is 11.6 Å². The van der Waals surface area contributed by atoms with E-state index in [2.05, 4.69) is 0 Å². The summed E-state index contributed by atoms with van der Waals surface area (Å²) in [6.07, 6.45) is 1.78. The van der Waals surface area contributed by atoms with E-state index in [-0.39, 0.29) is 10.9 Å². The highest BCUT2D eigenvalue weighted by molar-refractivity contribution is 7.89. The zero-order valence-electron chi connectivity index (χ0n) is 11.7. The highest BCUT2D eigenvalue weighted by atomic mass is 35.5. The number of piperidine rings is 1. The van der Waals surface area contributed by atoms with Crippen LogP contribution < -0.4 is 0 Å². The molecule has 1 aromatic carbocycles. The summed E-state index contributed by atoms with van der Waals surface area (Å²) >= 11 is 6.03. The van der Waals surface area contributed by atoms with Crippen LogP contribution in [0.3, 0.4) is 0 Å². The van der Waals surface area contributed by atoms with Crippen molar-refractivity contribution in [3.63, 3.8) is 0 Å². The number of aliphatic hydroxyl groups excluding tert-OH is 1. The molecule has 0 bridgehead atoms. The van der Waals surface area contributed by atoms with Crippen molar-refractivity contribution < 1.29 is 13.5 Å². The van der Waals surface area contributed by atoms with Crippen LogP contribution in [-0.2, 0) is 10.0 Å². The Morgan fingerprint density at radius 1 is 1.40 bits per heavy atom. The second-order valence-electron chi connectivity index (χ2n) is 5.28. The Bertz CT molecular complexity index is 586. The van der Waals surface area contributed by atoms with Gasteiger partial charge < -0.3 is 5.11 Å². The van der Waals surface area contributed by atoms with Gasteiger partial charge >= 0.3 is 0 Å². The fraction of sp³-hybridized carbons (Fsp3) is 0.571. The molecule has 0 spiro atoms. The SMILES string of the molecule is Cc1c(Cl)cccc1S(=O)(=O)N1CCCCC1C(C)O. The Morgan fingerprint density at radius 2 is 2.10 bits per heavy atom. The molecular formula is C14H20ClNO3S. The number of halogens is 1. The Balaban J connectivity index is 2.45. The van der Waals surface area contributed by atoms with E-state index >= 15 is 0 Å². The average Bonchev–Trinajstić information content (AvgIpc) is 2.41. The summed E-state index contributed by atoms with van der Waals surface area (Å²) in [6, 6.07) is 4.54. The summed E-state index contributed by atoms with van der Waals surface area (Å²) in [4.78, 5) is 0.234. The predicted octanol–water partition coefficient (Wildman–Crippen LogP) is 2.57. The van der Waals surface area contributed by atoms with E-state index in [1.54, 1.807) is 32.0 Å². The third-order valence-electron chi connectivity index (χ3n) is 3.86. The molecule has 0 saturated carbocycles. The van der Waals surface area contributed by atoms with Crippen LogP contribution in [0.15, 0.2) is 23.1 Å². The maximum Gasteiger partial charge on any atom is 0.243 e. The lowest BCUT2D eigenvalue weighted by Gasteiger charge is -2.36. The van der Waals surface area contributed by atoms with E-state index in [0.717, 1.165) is 12.8 Å². The molecule has 1 fully saturated rings. The van der Waals surface area contributed by atoms with Crippen LogP contribution in [0, 0.1) is 6.92 Å². The zero-order valence-corrected chi connectivity index (χ0v) is 13.3. The number of nitrogens with zero attached hydrogens (tertiary/aromatic N) is 1. The van der Waals surface area contributed by atoms with Crippen molar-refractivity contribution in [2.45, 2.75) is 50.2 Å². The number of rotatable bonds is 3. The number of aliphatic hydroxyl groups is 1. The first-order valence-corrected chi connectivity index (χ1v) is 8.62. The van der Waals surface area contributed by atoms with Gasteiger partial charge in [0, 0.05) is 11.6 Å². The standard InChI is InChI=1S/C14H20ClNO3S/c1-10-12(15)6-5-8-14(10)20(18,19)16-9-4-3-7-13(16)11(2)17/h5-6,8,11,13,17H,3-4,7,9H2,1-2H3. The summed E-state index contributed by atoms with van der Waals surface area (Å²) in [5.41, 5.74) is 0.559. The number of hydrogen-bond donors (Lipinski definition) is 1. The van der Waals surface area contributed by atoms with Gasteiger partial charge in [0.15, 0.2) is 0 Å². The van der Waals surface area contributed by atoms with Crippen LogP contribution in [-0.4, -0.2) is 36.5 Å². The molecule has 2 unspecified atom stereocenters. The van der Waals surface area contributed by atoms with Crippen molar-refractivity contribution in [3.8, 4) is 0 Å². The van der Waals surface area contributed by atoms with Crippen molar-refractivity contribution in [1.82, 2.24) is 4.31 Å². The molecular weight excluding hydrogens is 298 g/mol. The summed E-state index contributed by atoms with van der Waals surface area (Å²) in [7, 11) is -3.62. The maximum atomic E-state index is 12.8. The van der Waals surface area contributed by atoms with Crippen molar-refractivity contribution >= 4 is 21.6 Å². The first-order valence-electron chi connectivity index (χ1n) is 6.80. The van der Waals surface area contributed by atoms with Gasteiger partial charge in [0.05, 0.1) is 17.0 Å². The lowest BCUT2D eigenvalue weighted by atomic mass is 10.0. The van der Waals surface area contributed by atoms with Crippen LogP contribution in [0.1, 0.15) is 31.7 Å². The molecule has 1 aliphatic heterocycles. The number of benzene rings is 1. The molecule has 4 nitrogen and oxygen atoms in total. The topological polar surface area (TPSA) is 57.6 Å². The van der Waals surface area contributed by atoms with E-state index in [4.69, 9.17) is 11.6 Å². The third-order valence-corrected chi connectivity index (χ3v) is 6.34. The molecule has 0 amide bonds. The van der Waals surface area contributed by atoms with Crippen molar-refractivity contribution in [2.24, 2.45) is 0 Å². The van der Waals surface area contributed by atoms with E-state index < -0.39 is 16.1 Å². The van der Waals surface area contributed by atoms with E-state index in [9.17, 15) is 13.5 Å².